The summed E-state index contributed by atoms with van der Waals surface area (Å²) < 4.78 is 5.55. The zero-order valence-electron chi connectivity index (χ0n) is 12.0. The summed E-state index contributed by atoms with van der Waals surface area (Å²) in [5.74, 6) is 0. The van der Waals surface area contributed by atoms with Crippen molar-refractivity contribution in [3.63, 3.8) is 0 Å². The fraction of sp³-hybridized carbons (Fsp3) is 0.600. The van der Waals surface area contributed by atoms with Crippen LogP contribution in [0.3, 0.4) is 0 Å². The fourth-order valence-corrected chi connectivity index (χ4v) is 2.74. The highest BCUT2D eigenvalue weighted by molar-refractivity contribution is 5.35. The van der Waals surface area contributed by atoms with Gasteiger partial charge in [-0.2, -0.15) is 0 Å². The molecule has 110 valence electrons. The van der Waals surface area contributed by atoms with Crippen molar-refractivity contribution in [2.24, 2.45) is 0 Å². The van der Waals surface area contributed by atoms with Gasteiger partial charge in [-0.15, -0.1) is 0 Å². The molecule has 1 aromatic carbocycles. The molecule has 1 saturated heterocycles. The molecular weight excluding hydrogens is 256 g/mol. The monoisotopic (exact) mass is 278 g/mol. The summed E-state index contributed by atoms with van der Waals surface area (Å²) in [6, 6.07) is 7.49. The van der Waals surface area contributed by atoms with Crippen molar-refractivity contribution in [2.75, 3.05) is 6.61 Å². The van der Waals surface area contributed by atoms with E-state index in [4.69, 9.17) is 4.74 Å². The van der Waals surface area contributed by atoms with Gasteiger partial charge in [0.25, 0.3) is 5.69 Å². The maximum Gasteiger partial charge on any atom is 0.269 e. The lowest BCUT2D eigenvalue weighted by Gasteiger charge is -2.31. The number of hydrogen-bond donors (Lipinski definition) is 1. The molecule has 0 aromatic heterocycles. The zero-order chi connectivity index (χ0) is 14.5. The van der Waals surface area contributed by atoms with E-state index >= 15 is 0 Å². The van der Waals surface area contributed by atoms with Gasteiger partial charge >= 0.3 is 0 Å². The van der Waals surface area contributed by atoms with Gasteiger partial charge in [-0.25, -0.2) is 0 Å². The molecule has 1 aliphatic heterocycles. The number of non-ortho nitro benzene ring substituents is 1. The Labute approximate surface area is 119 Å². The SMILES string of the molecule is CCC(NC1CCOC(C)C1)c1cccc([N+](=O)[O-])c1. The lowest BCUT2D eigenvalue weighted by molar-refractivity contribution is -0.384. The van der Waals surface area contributed by atoms with Crippen molar-refractivity contribution < 1.29 is 9.66 Å². The highest BCUT2D eigenvalue weighted by atomic mass is 16.6. The van der Waals surface area contributed by atoms with Crippen molar-refractivity contribution in [2.45, 2.75) is 51.3 Å². The normalized spacial score (nSPS) is 24.3. The number of nitro groups is 1. The minimum atomic E-state index is -0.341. The molecule has 20 heavy (non-hydrogen) atoms. The summed E-state index contributed by atoms with van der Waals surface area (Å²) in [6.45, 7) is 4.96. The smallest absolute Gasteiger partial charge is 0.269 e. The molecule has 0 aliphatic carbocycles. The largest absolute Gasteiger partial charge is 0.378 e. The lowest BCUT2D eigenvalue weighted by atomic mass is 9.98. The Morgan fingerprint density at radius 3 is 3.00 bits per heavy atom. The van der Waals surface area contributed by atoms with Crippen molar-refractivity contribution in [3.8, 4) is 0 Å². The van der Waals surface area contributed by atoms with Crippen molar-refractivity contribution in [1.29, 1.82) is 0 Å². The Kier molecular flexibility index (Phi) is 5.09. The first kappa shape index (κ1) is 14.9. The van der Waals surface area contributed by atoms with E-state index in [-0.39, 0.29) is 22.8 Å². The van der Waals surface area contributed by atoms with Crippen molar-refractivity contribution in [1.82, 2.24) is 5.32 Å². The zero-order valence-corrected chi connectivity index (χ0v) is 12.0. The van der Waals surface area contributed by atoms with E-state index in [1.165, 1.54) is 6.07 Å². The summed E-state index contributed by atoms with van der Waals surface area (Å²) in [5, 5.41) is 14.5. The number of benzene rings is 1. The lowest BCUT2D eigenvalue weighted by Crippen LogP contribution is -2.39. The second-order valence-corrected chi connectivity index (χ2v) is 5.38. The molecule has 1 aliphatic rings. The molecule has 0 bridgehead atoms. The van der Waals surface area contributed by atoms with Crippen LogP contribution in [-0.2, 0) is 4.74 Å². The van der Waals surface area contributed by atoms with Crippen molar-refractivity contribution >= 4 is 5.69 Å². The molecule has 1 heterocycles. The van der Waals surface area contributed by atoms with E-state index in [1.807, 2.05) is 6.07 Å². The van der Waals surface area contributed by atoms with Crippen molar-refractivity contribution in [3.05, 3.63) is 39.9 Å². The summed E-state index contributed by atoms with van der Waals surface area (Å²) in [6.07, 6.45) is 3.18. The van der Waals surface area contributed by atoms with Gasteiger partial charge in [-0.1, -0.05) is 19.1 Å². The van der Waals surface area contributed by atoms with Gasteiger partial charge in [0.05, 0.1) is 11.0 Å². The van der Waals surface area contributed by atoms with Crippen LogP contribution in [0.25, 0.3) is 0 Å². The maximum atomic E-state index is 10.9. The second-order valence-electron chi connectivity index (χ2n) is 5.38. The maximum absolute atomic E-state index is 10.9. The van der Waals surface area contributed by atoms with Gasteiger partial charge in [0, 0.05) is 30.8 Å². The highest BCUT2D eigenvalue weighted by Crippen LogP contribution is 2.24. The molecule has 5 nitrogen and oxygen atoms in total. The molecule has 0 spiro atoms. The molecule has 2 rings (SSSR count). The summed E-state index contributed by atoms with van der Waals surface area (Å²) in [5.41, 5.74) is 1.14. The third-order valence-electron chi connectivity index (χ3n) is 3.81. The van der Waals surface area contributed by atoms with E-state index in [0.717, 1.165) is 31.4 Å². The van der Waals surface area contributed by atoms with E-state index < -0.39 is 0 Å². The second kappa shape index (κ2) is 6.81. The highest BCUT2D eigenvalue weighted by Gasteiger charge is 2.22. The molecule has 3 unspecified atom stereocenters. The number of rotatable bonds is 5. The quantitative estimate of drug-likeness (QED) is 0.663. The number of nitrogens with zero attached hydrogens (tertiary/aromatic N) is 1. The number of ether oxygens (including phenoxy) is 1. The Bertz CT molecular complexity index is 464. The Balaban J connectivity index is 2.07. The average molecular weight is 278 g/mol. The molecule has 5 heteroatoms. The van der Waals surface area contributed by atoms with Crippen LogP contribution in [0.15, 0.2) is 24.3 Å². The van der Waals surface area contributed by atoms with Crippen LogP contribution in [0.5, 0.6) is 0 Å². The van der Waals surface area contributed by atoms with E-state index in [0.29, 0.717) is 6.04 Å². The van der Waals surface area contributed by atoms with Gasteiger partial charge in [0.15, 0.2) is 0 Å². The van der Waals surface area contributed by atoms with Crippen LogP contribution in [0.2, 0.25) is 0 Å². The first-order valence-electron chi connectivity index (χ1n) is 7.22. The van der Waals surface area contributed by atoms with Crippen LogP contribution in [-0.4, -0.2) is 23.7 Å². The van der Waals surface area contributed by atoms with E-state index in [1.54, 1.807) is 12.1 Å². The Morgan fingerprint density at radius 1 is 1.55 bits per heavy atom. The molecule has 0 radical (unpaired) electrons. The van der Waals surface area contributed by atoms with Crippen LogP contribution in [0, 0.1) is 10.1 Å². The summed E-state index contributed by atoms with van der Waals surface area (Å²) in [7, 11) is 0. The molecule has 0 amide bonds. The molecule has 1 fully saturated rings. The third kappa shape index (κ3) is 3.77. The molecule has 0 saturated carbocycles. The third-order valence-corrected chi connectivity index (χ3v) is 3.81. The number of nitro benzene ring substituents is 1. The molecular formula is C15H22N2O3. The first-order valence-corrected chi connectivity index (χ1v) is 7.22. The fourth-order valence-electron chi connectivity index (χ4n) is 2.74. The minimum Gasteiger partial charge on any atom is -0.378 e. The van der Waals surface area contributed by atoms with Gasteiger partial charge < -0.3 is 10.1 Å². The van der Waals surface area contributed by atoms with Crippen LogP contribution in [0.1, 0.15) is 44.7 Å². The molecule has 1 N–H and O–H groups in total. The van der Waals surface area contributed by atoms with Gasteiger partial charge in [-0.05, 0) is 31.7 Å². The van der Waals surface area contributed by atoms with E-state index in [9.17, 15) is 10.1 Å². The predicted octanol–water partition coefficient (Wildman–Crippen LogP) is 3.20. The Hall–Kier alpha value is -1.46. The van der Waals surface area contributed by atoms with E-state index in [2.05, 4.69) is 19.2 Å². The van der Waals surface area contributed by atoms with Crippen LogP contribution < -0.4 is 5.32 Å². The van der Waals surface area contributed by atoms with Gasteiger partial charge in [0.1, 0.15) is 0 Å². The Morgan fingerprint density at radius 2 is 2.35 bits per heavy atom. The average Bonchev–Trinajstić information content (AvgIpc) is 2.45. The first-order chi connectivity index (χ1) is 9.60. The predicted molar refractivity (Wildman–Crippen MR) is 77.7 cm³/mol. The molecule has 3 atom stereocenters. The minimum absolute atomic E-state index is 0.156. The topological polar surface area (TPSA) is 64.4 Å². The van der Waals surface area contributed by atoms with Gasteiger partial charge in [-0.3, -0.25) is 10.1 Å². The molecule has 1 aromatic rings. The number of nitrogens with one attached hydrogen (secondary N) is 1. The van der Waals surface area contributed by atoms with Crippen LogP contribution >= 0.6 is 0 Å². The number of hydrogen-bond acceptors (Lipinski definition) is 4. The standard InChI is InChI=1S/C15H22N2O3/c1-3-15(16-13-7-8-20-11(2)9-13)12-5-4-6-14(10-12)17(18)19/h4-6,10-11,13,15-16H,3,7-9H2,1-2H3. The summed E-state index contributed by atoms with van der Waals surface area (Å²) >= 11 is 0. The van der Waals surface area contributed by atoms with Crippen LogP contribution in [0.4, 0.5) is 5.69 Å². The van der Waals surface area contributed by atoms with Gasteiger partial charge in [0.2, 0.25) is 0 Å². The summed E-state index contributed by atoms with van der Waals surface area (Å²) in [4.78, 5) is 10.5.